The third kappa shape index (κ3) is 5.78. The van der Waals surface area contributed by atoms with Gasteiger partial charge in [-0.05, 0) is 11.2 Å². The van der Waals surface area contributed by atoms with Crippen LogP contribution in [0.25, 0.3) is 0 Å². The van der Waals surface area contributed by atoms with Crippen molar-refractivity contribution in [1.82, 2.24) is 5.10 Å². The Bertz CT molecular complexity index is 237. The van der Waals surface area contributed by atoms with E-state index in [1.54, 1.807) is 23.1 Å². The molecule has 0 aliphatic rings. The number of carbonyl (C=O) groups is 1. The minimum Gasteiger partial charge on any atom is -0.481 e. The number of hydrogen-bond donors (Lipinski definition) is 1. The van der Waals surface area contributed by atoms with E-state index < -0.39 is 5.97 Å². The second-order valence-electron chi connectivity index (χ2n) is 2.11. The molecule has 0 unspecified atom stereocenters. The standard InChI is InChI=1S/C7H8N2O2.C2H6/c10-7(11)3-6-9-5-2-1-4-8-9;1-2/h1-2,4-5H,3,6H2;1-2H3/p+1. The van der Waals surface area contributed by atoms with Gasteiger partial charge in [-0.2, -0.15) is 0 Å². The number of aryl methyl sites for hydroxylation is 1. The molecule has 0 aromatic carbocycles. The normalized spacial score (nSPS) is 8.46. The lowest BCUT2D eigenvalue weighted by Crippen LogP contribution is -2.37. The van der Waals surface area contributed by atoms with Crippen molar-refractivity contribution in [2.24, 2.45) is 0 Å². The fourth-order valence-corrected chi connectivity index (χ4v) is 0.704. The summed E-state index contributed by atoms with van der Waals surface area (Å²) in [5.41, 5.74) is 0. The summed E-state index contributed by atoms with van der Waals surface area (Å²) in [6, 6.07) is 3.60. The van der Waals surface area contributed by atoms with Crippen LogP contribution in [0.15, 0.2) is 24.5 Å². The fraction of sp³-hybridized carbons (Fsp3) is 0.444. The molecule has 0 aliphatic heterocycles. The Morgan fingerprint density at radius 3 is 2.62 bits per heavy atom. The minimum atomic E-state index is -0.803. The summed E-state index contributed by atoms with van der Waals surface area (Å²) in [4.78, 5) is 10.1. The van der Waals surface area contributed by atoms with Gasteiger partial charge in [0.1, 0.15) is 6.42 Å². The van der Waals surface area contributed by atoms with E-state index in [0.29, 0.717) is 6.54 Å². The van der Waals surface area contributed by atoms with Crippen molar-refractivity contribution < 1.29 is 14.6 Å². The van der Waals surface area contributed by atoms with Crippen LogP contribution < -0.4 is 4.68 Å². The first kappa shape index (κ1) is 11.6. The zero-order chi connectivity index (χ0) is 10.1. The van der Waals surface area contributed by atoms with Crippen LogP contribution in [0, 0.1) is 0 Å². The van der Waals surface area contributed by atoms with Crippen LogP contribution in [-0.4, -0.2) is 16.2 Å². The molecule has 0 atom stereocenters. The van der Waals surface area contributed by atoms with Crippen LogP contribution in [-0.2, 0) is 11.3 Å². The molecule has 0 radical (unpaired) electrons. The van der Waals surface area contributed by atoms with Gasteiger partial charge in [-0.15, -0.1) is 0 Å². The molecule has 1 N–H and O–H groups in total. The second-order valence-corrected chi connectivity index (χ2v) is 2.11. The maximum Gasteiger partial charge on any atom is 0.309 e. The predicted octanol–water partition coefficient (Wildman–Crippen LogP) is 0.870. The van der Waals surface area contributed by atoms with Gasteiger partial charge in [0.15, 0.2) is 12.7 Å². The molecule has 0 aliphatic carbocycles. The molecule has 0 amide bonds. The van der Waals surface area contributed by atoms with Crippen molar-refractivity contribution in [2.75, 3.05) is 0 Å². The van der Waals surface area contributed by atoms with Crippen LogP contribution in [0.3, 0.4) is 0 Å². The lowest BCUT2D eigenvalue weighted by molar-refractivity contribution is -0.753. The maximum atomic E-state index is 10.1. The van der Waals surface area contributed by atoms with Crippen LogP contribution in [0.4, 0.5) is 0 Å². The largest absolute Gasteiger partial charge is 0.481 e. The number of carboxylic acids is 1. The number of aliphatic carboxylic acids is 1. The summed E-state index contributed by atoms with van der Waals surface area (Å²) in [5, 5.41) is 12.2. The molecule has 1 heterocycles. The first-order chi connectivity index (χ1) is 6.29. The van der Waals surface area contributed by atoms with Crippen molar-refractivity contribution in [3.8, 4) is 0 Å². The van der Waals surface area contributed by atoms with Crippen molar-refractivity contribution in [2.45, 2.75) is 26.8 Å². The zero-order valence-electron chi connectivity index (χ0n) is 7.97. The van der Waals surface area contributed by atoms with E-state index in [4.69, 9.17) is 5.11 Å². The Morgan fingerprint density at radius 1 is 1.46 bits per heavy atom. The summed E-state index contributed by atoms with van der Waals surface area (Å²) < 4.78 is 1.59. The van der Waals surface area contributed by atoms with Gasteiger partial charge < -0.3 is 5.11 Å². The summed E-state index contributed by atoms with van der Waals surface area (Å²) in [7, 11) is 0. The van der Waals surface area contributed by atoms with E-state index in [1.807, 2.05) is 19.9 Å². The highest BCUT2D eigenvalue weighted by Gasteiger charge is 2.03. The molecule has 0 saturated carbocycles. The summed E-state index contributed by atoms with van der Waals surface area (Å²) in [6.07, 6.45) is 3.48. The lowest BCUT2D eigenvalue weighted by atomic mass is 10.4. The van der Waals surface area contributed by atoms with E-state index in [-0.39, 0.29) is 6.42 Å². The highest BCUT2D eigenvalue weighted by molar-refractivity contribution is 5.66. The average molecular weight is 183 g/mol. The molecule has 4 heteroatoms. The number of nitrogens with zero attached hydrogens (tertiary/aromatic N) is 2. The summed E-state index contributed by atoms with van der Waals surface area (Å²) >= 11 is 0. The zero-order valence-corrected chi connectivity index (χ0v) is 7.97. The maximum absolute atomic E-state index is 10.1. The highest BCUT2D eigenvalue weighted by Crippen LogP contribution is 1.78. The SMILES string of the molecule is CC.O=C(O)CC[n+]1ccccn1. The molecule has 13 heavy (non-hydrogen) atoms. The van der Waals surface area contributed by atoms with Gasteiger partial charge in [-0.25, -0.2) is 0 Å². The number of hydrogen-bond acceptors (Lipinski definition) is 2. The first-order valence-electron chi connectivity index (χ1n) is 4.31. The third-order valence-electron chi connectivity index (χ3n) is 1.23. The Hall–Kier alpha value is -1.45. The van der Waals surface area contributed by atoms with E-state index in [0.717, 1.165) is 0 Å². The summed E-state index contributed by atoms with van der Waals surface area (Å²) in [6.45, 7) is 4.43. The van der Waals surface area contributed by atoms with E-state index in [9.17, 15) is 4.79 Å². The topological polar surface area (TPSA) is 54.1 Å². The van der Waals surface area contributed by atoms with Crippen LogP contribution >= 0.6 is 0 Å². The van der Waals surface area contributed by atoms with Crippen molar-refractivity contribution in [1.29, 1.82) is 0 Å². The fourth-order valence-electron chi connectivity index (χ4n) is 0.704. The smallest absolute Gasteiger partial charge is 0.309 e. The van der Waals surface area contributed by atoms with Gasteiger partial charge in [-0.1, -0.05) is 18.5 Å². The molecule has 0 fully saturated rings. The molecule has 0 saturated heterocycles. The van der Waals surface area contributed by atoms with Gasteiger partial charge in [-0.3, -0.25) is 4.79 Å². The Balaban J connectivity index is 0.000000671. The third-order valence-corrected chi connectivity index (χ3v) is 1.23. The molecule has 1 rings (SSSR count). The molecule has 4 nitrogen and oxygen atoms in total. The van der Waals surface area contributed by atoms with Crippen LogP contribution in [0.2, 0.25) is 0 Å². The van der Waals surface area contributed by atoms with E-state index >= 15 is 0 Å². The second kappa shape index (κ2) is 7.21. The van der Waals surface area contributed by atoms with Gasteiger partial charge in [0.25, 0.3) is 0 Å². The van der Waals surface area contributed by atoms with Gasteiger partial charge in [0.05, 0.1) is 6.20 Å². The number of aromatic nitrogens is 2. The van der Waals surface area contributed by atoms with Gasteiger partial charge in [0.2, 0.25) is 0 Å². The molecule has 0 bridgehead atoms. The first-order valence-corrected chi connectivity index (χ1v) is 4.31. The molecular weight excluding hydrogens is 168 g/mol. The highest BCUT2D eigenvalue weighted by atomic mass is 16.4. The van der Waals surface area contributed by atoms with Gasteiger partial charge in [0, 0.05) is 6.07 Å². The van der Waals surface area contributed by atoms with Crippen molar-refractivity contribution in [3.63, 3.8) is 0 Å². The minimum absolute atomic E-state index is 0.113. The monoisotopic (exact) mass is 183 g/mol. The quantitative estimate of drug-likeness (QED) is 0.707. The van der Waals surface area contributed by atoms with Crippen molar-refractivity contribution >= 4 is 5.97 Å². The van der Waals surface area contributed by atoms with Crippen molar-refractivity contribution in [3.05, 3.63) is 24.5 Å². The number of carboxylic acid groups (broad SMARTS) is 1. The molecule has 72 valence electrons. The molecule has 1 aromatic rings. The molecule has 0 spiro atoms. The number of rotatable bonds is 3. The Morgan fingerprint density at radius 2 is 2.15 bits per heavy atom. The molecular formula is C9H15N2O2+. The van der Waals surface area contributed by atoms with E-state index in [2.05, 4.69) is 5.10 Å². The average Bonchev–Trinajstić information content (AvgIpc) is 2.19. The van der Waals surface area contributed by atoms with Gasteiger partial charge >= 0.3 is 5.97 Å². The Labute approximate surface area is 77.8 Å². The Kier molecular flexibility index (Phi) is 6.41. The van der Waals surface area contributed by atoms with E-state index in [1.165, 1.54) is 0 Å². The summed E-state index contributed by atoms with van der Waals surface area (Å²) in [5.74, 6) is -0.803. The van der Waals surface area contributed by atoms with Crippen LogP contribution in [0.1, 0.15) is 20.3 Å². The lowest BCUT2D eigenvalue weighted by Gasteiger charge is -1.88. The molecule has 1 aromatic heterocycles. The van der Waals surface area contributed by atoms with Crippen LogP contribution in [0.5, 0.6) is 0 Å². The predicted molar refractivity (Wildman–Crippen MR) is 48.0 cm³/mol.